The van der Waals surface area contributed by atoms with Crippen LogP contribution in [0.1, 0.15) is 15.9 Å². The summed E-state index contributed by atoms with van der Waals surface area (Å²) in [4.78, 5) is 12.6. The van der Waals surface area contributed by atoms with Crippen molar-refractivity contribution in [3.05, 3.63) is 64.4 Å². The van der Waals surface area contributed by atoms with Gasteiger partial charge in [0.15, 0.2) is 0 Å². The molecule has 0 heterocycles. The fourth-order valence-corrected chi connectivity index (χ4v) is 1.97. The molecule has 0 radical (unpaired) electrons. The molecule has 0 aromatic heterocycles. The van der Waals surface area contributed by atoms with Crippen molar-refractivity contribution in [2.75, 3.05) is 0 Å². The summed E-state index contributed by atoms with van der Waals surface area (Å²) in [7, 11) is 0. The maximum absolute atomic E-state index is 12.7. The monoisotopic (exact) mass is 295 g/mol. The van der Waals surface area contributed by atoms with Crippen molar-refractivity contribution in [2.45, 2.75) is 11.4 Å². The SMILES string of the molecule is O=C(NCc1ccc(F)cc1)c1cc(S)ccc1Cl. The Kier molecular flexibility index (Phi) is 4.45. The molecule has 2 rings (SSSR count). The van der Waals surface area contributed by atoms with Crippen LogP contribution in [0.25, 0.3) is 0 Å². The van der Waals surface area contributed by atoms with E-state index in [9.17, 15) is 9.18 Å². The molecular weight excluding hydrogens is 285 g/mol. The van der Waals surface area contributed by atoms with E-state index in [1.165, 1.54) is 12.1 Å². The summed E-state index contributed by atoms with van der Waals surface area (Å²) < 4.78 is 12.7. The van der Waals surface area contributed by atoms with E-state index < -0.39 is 0 Å². The van der Waals surface area contributed by atoms with E-state index in [2.05, 4.69) is 17.9 Å². The lowest BCUT2D eigenvalue weighted by molar-refractivity contribution is 0.0951. The Labute approximate surface area is 121 Å². The minimum Gasteiger partial charge on any atom is -0.348 e. The van der Waals surface area contributed by atoms with Gasteiger partial charge in [0.25, 0.3) is 5.91 Å². The van der Waals surface area contributed by atoms with E-state index >= 15 is 0 Å². The molecule has 0 saturated carbocycles. The summed E-state index contributed by atoms with van der Waals surface area (Å²) in [5.74, 6) is -0.592. The van der Waals surface area contributed by atoms with Crippen molar-refractivity contribution in [3.63, 3.8) is 0 Å². The van der Waals surface area contributed by atoms with Gasteiger partial charge in [-0.15, -0.1) is 12.6 Å². The molecule has 19 heavy (non-hydrogen) atoms. The number of hydrogen-bond donors (Lipinski definition) is 2. The molecule has 0 bridgehead atoms. The summed E-state index contributed by atoms with van der Waals surface area (Å²) in [6.07, 6.45) is 0. The summed E-state index contributed by atoms with van der Waals surface area (Å²) in [6, 6.07) is 10.9. The van der Waals surface area contributed by atoms with Gasteiger partial charge in [-0.1, -0.05) is 23.7 Å². The van der Waals surface area contributed by atoms with E-state index in [-0.39, 0.29) is 11.7 Å². The summed E-state index contributed by atoms with van der Waals surface area (Å²) in [5.41, 5.74) is 1.18. The number of amides is 1. The molecule has 0 aliphatic carbocycles. The quantitative estimate of drug-likeness (QED) is 0.831. The molecule has 2 aromatic carbocycles. The van der Waals surface area contributed by atoms with Crippen molar-refractivity contribution < 1.29 is 9.18 Å². The van der Waals surface area contributed by atoms with Crippen molar-refractivity contribution in [1.29, 1.82) is 0 Å². The highest BCUT2D eigenvalue weighted by molar-refractivity contribution is 7.80. The average molecular weight is 296 g/mol. The van der Waals surface area contributed by atoms with Crippen LogP contribution in [0, 0.1) is 5.82 Å². The van der Waals surface area contributed by atoms with Crippen LogP contribution in [0.15, 0.2) is 47.4 Å². The third-order valence-electron chi connectivity index (χ3n) is 2.56. The maximum atomic E-state index is 12.7. The maximum Gasteiger partial charge on any atom is 0.253 e. The summed E-state index contributed by atoms with van der Waals surface area (Å²) >= 11 is 10.1. The fraction of sp³-hybridized carbons (Fsp3) is 0.0714. The second kappa shape index (κ2) is 6.08. The zero-order chi connectivity index (χ0) is 13.8. The zero-order valence-corrected chi connectivity index (χ0v) is 11.5. The van der Waals surface area contributed by atoms with Crippen LogP contribution in [0.2, 0.25) is 5.02 Å². The second-order valence-corrected chi connectivity index (χ2v) is 4.90. The van der Waals surface area contributed by atoms with Gasteiger partial charge in [0.2, 0.25) is 0 Å². The number of hydrogen-bond acceptors (Lipinski definition) is 2. The fourth-order valence-electron chi connectivity index (χ4n) is 1.57. The first-order valence-corrected chi connectivity index (χ1v) is 6.40. The van der Waals surface area contributed by atoms with E-state index in [4.69, 9.17) is 11.6 Å². The topological polar surface area (TPSA) is 29.1 Å². The zero-order valence-electron chi connectivity index (χ0n) is 9.86. The Bertz CT molecular complexity index is 601. The molecule has 0 aliphatic rings. The van der Waals surface area contributed by atoms with Crippen LogP contribution in [-0.2, 0) is 6.54 Å². The van der Waals surface area contributed by atoms with Crippen molar-refractivity contribution in [2.24, 2.45) is 0 Å². The lowest BCUT2D eigenvalue weighted by Crippen LogP contribution is -2.23. The van der Waals surface area contributed by atoms with Crippen LogP contribution in [0.5, 0.6) is 0 Å². The Morgan fingerprint density at radius 1 is 1.21 bits per heavy atom. The summed E-state index contributed by atoms with van der Waals surface area (Å²) in [6.45, 7) is 0.312. The van der Waals surface area contributed by atoms with Gasteiger partial charge in [-0.2, -0.15) is 0 Å². The molecule has 2 aromatic rings. The smallest absolute Gasteiger partial charge is 0.253 e. The van der Waals surface area contributed by atoms with Gasteiger partial charge < -0.3 is 5.32 Å². The van der Waals surface area contributed by atoms with Crippen molar-refractivity contribution in [1.82, 2.24) is 5.32 Å². The highest BCUT2D eigenvalue weighted by Gasteiger charge is 2.10. The largest absolute Gasteiger partial charge is 0.348 e. The third kappa shape index (κ3) is 3.72. The number of rotatable bonds is 3. The lowest BCUT2D eigenvalue weighted by atomic mass is 10.2. The number of thiol groups is 1. The number of carbonyl (C=O) groups is 1. The predicted molar refractivity (Wildman–Crippen MR) is 76.3 cm³/mol. The number of carbonyl (C=O) groups excluding carboxylic acids is 1. The molecule has 0 atom stereocenters. The molecule has 5 heteroatoms. The van der Waals surface area contributed by atoms with Crippen LogP contribution >= 0.6 is 24.2 Å². The van der Waals surface area contributed by atoms with Gasteiger partial charge in [0.1, 0.15) is 5.82 Å². The normalized spacial score (nSPS) is 10.3. The first kappa shape index (κ1) is 13.9. The molecule has 0 aliphatic heterocycles. The van der Waals surface area contributed by atoms with Crippen LogP contribution in [-0.4, -0.2) is 5.91 Å². The average Bonchev–Trinajstić information content (AvgIpc) is 2.40. The van der Waals surface area contributed by atoms with E-state index in [1.807, 2.05) is 0 Å². The van der Waals surface area contributed by atoms with E-state index in [0.717, 1.165) is 5.56 Å². The lowest BCUT2D eigenvalue weighted by Gasteiger charge is -2.07. The highest BCUT2D eigenvalue weighted by Crippen LogP contribution is 2.19. The molecule has 1 amide bonds. The molecule has 1 N–H and O–H groups in total. The van der Waals surface area contributed by atoms with Gasteiger partial charge in [-0.25, -0.2) is 4.39 Å². The van der Waals surface area contributed by atoms with Gasteiger partial charge in [-0.05, 0) is 35.9 Å². The molecule has 0 unspecified atom stereocenters. The predicted octanol–water partition coefficient (Wildman–Crippen LogP) is 3.70. The molecule has 98 valence electrons. The van der Waals surface area contributed by atoms with E-state index in [0.29, 0.717) is 22.0 Å². The minimum atomic E-state index is -0.305. The number of benzene rings is 2. The Balaban J connectivity index is 2.05. The highest BCUT2D eigenvalue weighted by atomic mass is 35.5. The number of nitrogens with one attached hydrogen (secondary N) is 1. The van der Waals surface area contributed by atoms with Crippen LogP contribution < -0.4 is 5.32 Å². The molecular formula is C14H11ClFNOS. The number of halogens is 2. The second-order valence-electron chi connectivity index (χ2n) is 3.97. The minimum absolute atomic E-state index is 0.287. The first-order chi connectivity index (χ1) is 9.06. The Morgan fingerprint density at radius 2 is 1.89 bits per heavy atom. The van der Waals surface area contributed by atoms with E-state index in [1.54, 1.807) is 30.3 Å². The van der Waals surface area contributed by atoms with Gasteiger partial charge in [-0.3, -0.25) is 4.79 Å². The standard InChI is InChI=1S/C14H11ClFNOS/c15-13-6-5-11(19)7-12(13)14(18)17-8-9-1-3-10(16)4-2-9/h1-7,19H,8H2,(H,17,18). The van der Waals surface area contributed by atoms with Gasteiger partial charge in [0.05, 0.1) is 10.6 Å². The Morgan fingerprint density at radius 3 is 2.58 bits per heavy atom. The van der Waals surface area contributed by atoms with Crippen LogP contribution in [0.3, 0.4) is 0 Å². The van der Waals surface area contributed by atoms with Crippen LogP contribution in [0.4, 0.5) is 4.39 Å². The van der Waals surface area contributed by atoms with Gasteiger partial charge >= 0.3 is 0 Å². The molecule has 2 nitrogen and oxygen atoms in total. The molecule has 0 spiro atoms. The Hall–Kier alpha value is -1.52. The van der Waals surface area contributed by atoms with Gasteiger partial charge in [0, 0.05) is 11.4 Å². The van der Waals surface area contributed by atoms with Crippen molar-refractivity contribution >= 4 is 30.1 Å². The first-order valence-electron chi connectivity index (χ1n) is 5.57. The molecule has 0 fully saturated rings. The molecule has 0 saturated heterocycles. The summed E-state index contributed by atoms with van der Waals surface area (Å²) in [5, 5.41) is 3.09. The third-order valence-corrected chi connectivity index (χ3v) is 3.17. The van der Waals surface area contributed by atoms with Crippen molar-refractivity contribution in [3.8, 4) is 0 Å².